The van der Waals surface area contributed by atoms with Gasteiger partial charge < -0.3 is 28.8 Å². The van der Waals surface area contributed by atoms with E-state index in [9.17, 15) is 23.4 Å². The first-order valence-electron chi connectivity index (χ1n) is 31.0. The van der Waals surface area contributed by atoms with Crippen LogP contribution < -0.4 is 9.47 Å². The highest BCUT2D eigenvalue weighted by Gasteiger charge is 2.42. The van der Waals surface area contributed by atoms with E-state index in [4.69, 9.17) is 9.47 Å². The zero-order valence-electron chi connectivity index (χ0n) is 52.7. The van der Waals surface area contributed by atoms with Crippen LogP contribution in [0.4, 0.5) is 13.2 Å². The lowest BCUT2D eigenvalue weighted by atomic mass is 9.68. The largest absolute Gasteiger partial charge is 0.505 e. The van der Waals surface area contributed by atoms with E-state index in [1.165, 1.54) is 51.1 Å². The average Bonchev–Trinajstić information content (AvgIpc) is 2.07. The van der Waals surface area contributed by atoms with Crippen molar-refractivity contribution < 1.29 is 32.9 Å². The quantitative estimate of drug-likeness (QED) is 0.143. The molecule has 0 amide bonds. The fourth-order valence-electron chi connectivity index (χ4n) is 15.0. The molecule has 0 radical (unpaired) electrons. The van der Waals surface area contributed by atoms with E-state index in [-0.39, 0.29) is 44.5 Å². The zero-order chi connectivity index (χ0) is 59.5. The molecular weight excluding hydrogens is 1030 g/mol. The smallest absolute Gasteiger partial charge is 0.416 e. The Morgan fingerprint density at radius 3 is 1.10 bits per heavy atom. The van der Waals surface area contributed by atoms with Gasteiger partial charge in [-0.05, 0) is 245 Å². The van der Waals surface area contributed by atoms with E-state index in [1.54, 1.807) is 6.07 Å². The van der Waals surface area contributed by atoms with E-state index in [0.717, 1.165) is 117 Å². The van der Waals surface area contributed by atoms with Gasteiger partial charge in [-0.3, -0.25) is 0 Å². The van der Waals surface area contributed by atoms with Gasteiger partial charge in [0.05, 0.1) is 29.1 Å². The molecule has 0 bridgehead atoms. The van der Waals surface area contributed by atoms with Crippen LogP contribution >= 0.6 is 0 Å². The number of benzene rings is 4. The van der Waals surface area contributed by atoms with E-state index < -0.39 is 23.9 Å². The molecule has 0 aliphatic heterocycles. The second kappa shape index (κ2) is 21.5. The van der Waals surface area contributed by atoms with Gasteiger partial charge in [-0.2, -0.15) is 13.2 Å². The fraction of sp³-hybridized carbons (Fsp3) is 0.562. The molecule has 4 aliphatic carbocycles. The van der Waals surface area contributed by atoms with Crippen LogP contribution in [0, 0.1) is 66.1 Å². The van der Waals surface area contributed by atoms with E-state index in [0.29, 0.717) is 52.7 Å². The van der Waals surface area contributed by atoms with Gasteiger partial charge in [0.25, 0.3) is 0 Å². The van der Waals surface area contributed by atoms with Gasteiger partial charge in [-0.25, -0.2) is 0 Å². The van der Waals surface area contributed by atoms with Gasteiger partial charge in [0.15, 0.2) is 0 Å². The predicted molar refractivity (Wildman–Crippen MR) is 330 cm³/mol. The zero-order valence-corrected chi connectivity index (χ0v) is 52.7. The summed E-state index contributed by atoms with van der Waals surface area (Å²) >= 11 is 0. The number of halogens is 3. The molecule has 6 nitrogen and oxygen atoms in total. The maximum absolute atomic E-state index is 14.8. The summed E-state index contributed by atoms with van der Waals surface area (Å²) < 4.78 is 62.6. The first kappa shape index (κ1) is 59.6. The third-order valence-electron chi connectivity index (χ3n) is 20.1. The topological polar surface area (TPSA) is 68.8 Å². The lowest BCUT2D eigenvalue weighted by Gasteiger charge is -2.36. The van der Waals surface area contributed by atoms with Crippen molar-refractivity contribution in [3.05, 3.63) is 128 Å². The van der Waals surface area contributed by atoms with Crippen LogP contribution in [-0.4, -0.2) is 31.6 Å². The predicted octanol–water partition coefficient (Wildman–Crippen LogP) is 19.2. The van der Waals surface area contributed by atoms with Gasteiger partial charge in [-0.1, -0.05) is 94.7 Å². The molecule has 0 saturated carbocycles. The van der Waals surface area contributed by atoms with Crippen molar-refractivity contribution in [2.75, 3.05) is 0 Å². The molecule has 4 aliphatic rings. The Labute approximate surface area is 489 Å². The van der Waals surface area contributed by atoms with Crippen molar-refractivity contribution in [3.8, 4) is 56.6 Å². The van der Waals surface area contributed by atoms with Crippen molar-refractivity contribution in [1.29, 1.82) is 0 Å². The minimum Gasteiger partial charge on any atom is -0.505 e. The fourth-order valence-corrected chi connectivity index (χ4v) is 15.0. The Morgan fingerprint density at radius 1 is 0.451 bits per heavy atom. The van der Waals surface area contributed by atoms with Crippen LogP contribution in [0.5, 0.6) is 23.0 Å². The number of fused-ring (bicyclic) bond motifs is 6. The van der Waals surface area contributed by atoms with Crippen molar-refractivity contribution in [1.82, 2.24) is 9.13 Å². The molecule has 0 spiro atoms. The highest BCUT2D eigenvalue weighted by Crippen LogP contribution is 2.52. The molecular formula is C73H95F3N2O4. The van der Waals surface area contributed by atoms with E-state index in [2.05, 4.69) is 124 Å². The first-order chi connectivity index (χ1) is 38.2. The van der Waals surface area contributed by atoms with Gasteiger partial charge in [0.1, 0.15) is 23.0 Å². The average molecular weight is 1120 g/mol. The molecule has 0 fully saturated rings. The number of phenols is 2. The summed E-state index contributed by atoms with van der Waals surface area (Å²) in [6, 6.07) is 17.7. The second-order valence-corrected chi connectivity index (χ2v) is 30.3. The minimum atomic E-state index is -4.63. The molecule has 9 heteroatoms. The number of aryl methyl sites for hydroxylation is 3. The molecule has 82 heavy (non-hydrogen) atoms. The molecule has 10 rings (SSSR count). The lowest BCUT2D eigenvalue weighted by Crippen LogP contribution is -2.29. The SMILES string of the molecule is Cc1ccc(O[C@H](C)C[C@H](C)Oc2ccc(C(F)(F)F)cc2-c2cc(C)cc(-n3c4c(c5c3CCC(C(C)(C)C)C5)CC(C(C)(C)C)CC4)c2O)c(-c2cc(C)cc(-n3c4c(c5c3CCC(C(C)(C)C)C5)CC(C(C)(C)C)CC4)c2O)c1. The highest BCUT2D eigenvalue weighted by molar-refractivity contribution is 5.82. The van der Waals surface area contributed by atoms with Crippen LogP contribution in [0.25, 0.3) is 33.6 Å². The molecule has 6 atom stereocenters. The Morgan fingerprint density at radius 2 is 0.768 bits per heavy atom. The van der Waals surface area contributed by atoms with Crippen LogP contribution in [-0.2, 0) is 57.5 Å². The number of alkyl halides is 3. The summed E-state index contributed by atoms with van der Waals surface area (Å²) in [5.74, 6) is 3.26. The van der Waals surface area contributed by atoms with Crippen LogP contribution in [0.2, 0.25) is 0 Å². The molecule has 442 valence electrons. The molecule has 4 unspecified atom stereocenters. The summed E-state index contributed by atoms with van der Waals surface area (Å²) in [6.07, 6.45) is 6.89. The second-order valence-electron chi connectivity index (χ2n) is 30.3. The van der Waals surface area contributed by atoms with Crippen molar-refractivity contribution in [2.45, 2.75) is 220 Å². The van der Waals surface area contributed by atoms with E-state index in [1.807, 2.05) is 39.0 Å². The molecule has 2 aromatic heterocycles. The minimum absolute atomic E-state index is 0.0510. The number of aromatic hydroxyl groups is 2. The van der Waals surface area contributed by atoms with Crippen molar-refractivity contribution >= 4 is 0 Å². The maximum Gasteiger partial charge on any atom is 0.416 e. The summed E-state index contributed by atoms with van der Waals surface area (Å²) in [5, 5.41) is 25.4. The number of hydrogen-bond acceptors (Lipinski definition) is 4. The van der Waals surface area contributed by atoms with Crippen LogP contribution in [0.3, 0.4) is 0 Å². The molecule has 0 saturated heterocycles. The number of hydrogen-bond donors (Lipinski definition) is 2. The van der Waals surface area contributed by atoms with Gasteiger partial charge in [0.2, 0.25) is 0 Å². The summed E-state index contributed by atoms with van der Waals surface area (Å²) in [6.45, 7) is 38.3. The third-order valence-corrected chi connectivity index (χ3v) is 20.1. The van der Waals surface area contributed by atoms with Crippen molar-refractivity contribution in [2.24, 2.45) is 45.3 Å². The third kappa shape index (κ3) is 11.5. The maximum atomic E-state index is 14.8. The Kier molecular flexibility index (Phi) is 15.6. The number of ether oxygens (including phenoxy) is 2. The summed E-state index contributed by atoms with van der Waals surface area (Å²) in [4.78, 5) is 0. The Bertz CT molecular complexity index is 3300. The number of aromatic nitrogens is 2. The number of rotatable bonds is 10. The molecule has 4 aromatic carbocycles. The molecule has 6 aromatic rings. The van der Waals surface area contributed by atoms with Crippen LogP contribution in [0.1, 0.15) is 196 Å². The van der Waals surface area contributed by atoms with Crippen LogP contribution in [0.15, 0.2) is 60.7 Å². The Hall–Kier alpha value is -5.57. The van der Waals surface area contributed by atoms with Gasteiger partial charge >= 0.3 is 6.18 Å². The number of phenolic OH excluding ortho intramolecular Hbond substituents is 2. The Balaban J connectivity index is 0.965. The summed E-state index contributed by atoms with van der Waals surface area (Å²) in [5.41, 5.74) is 17.2. The molecule has 2 N–H and O–H groups in total. The standard InChI is InChI=1S/C73H95F3N2O4/c1-41-18-28-65(55(30-41)57-31-42(2)33-63(67(57)79)77-59-24-19-46(69(6,7)8)36-51(59)52-37-47(70(9,10)11)20-25-60(52)77)81-44(4)35-45(5)82-66-29-23-50(73(74,75)76)40-56(66)58-32-43(3)34-64(68(58)80)78-61-26-21-48(71(12,13)14)38-53(61)54-39-49(72(15,16)17)22-27-62(54)78/h18,23,28-34,40,44-49,79-80H,19-22,24-27,35-39H2,1-17H3/t44-,45+,46?,47?,48?,49?/m1/s1. The normalized spacial score (nSPS) is 20.4. The van der Waals surface area contributed by atoms with E-state index >= 15 is 0 Å². The van der Waals surface area contributed by atoms with Gasteiger partial charge in [0, 0.05) is 51.5 Å². The highest BCUT2D eigenvalue weighted by atomic mass is 19.4. The summed E-state index contributed by atoms with van der Waals surface area (Å²) in [7, 11) is 0. The molecule has 2 heterocycles. The monoisotopic (exact) mass is 1120 g/mol. The van der Waals surface area contributed by atoms with Crippen molar-refractivity contribution in [3.63, 3.8) is 0 Å². The lowest BCUT2D eigenvalue weighted by molar-refractivity contribution is -0.137. The first-order valence-corrected chi connectivity index (χ1v) is 31.0. The van der Waals surface area contributed by atoms with Gasteiger partial charge in [-0.15, -0.1) is 0 Å². The number of nitrogens with zero attached hydrogens (tertiary/aromatic N) is 2.